The zero-order valence-electron chi connectivity index (χ0n) is 16.6. The summed E-state index contributed by atoms with van der Waals surface area (Å²) in [5.74, 6) is 1.57. The molecule has 0 saturated carbocycles. The van der Waals surface area contributed by atoms with Gasteiger partial charge in [0, 0.05) is 52.9 Å². The van der Waals surface area contributed by atoms with Crippen molar-refractivity contribution in [2.45, 2.75) is 22.8 Å². The van der Waals surface area contributed by atoms with Crippen molar-refractivity contribution < 1.29 is 14.9 Å². The fraction of sp³-hybridized carbons (Fsp3) is 0.211. The number of pyridine rings is 2. The van der Waals surface area contributed by atoms with Gasteiger partial charge in [-0.3, -0.25) is 4.98 Å². The molecule has 10 nitrogen and oxygen atoms in total. The number of nitrogens with one attached hydrogen (secondary N) is 1. The average molecular weight is 458 g/mol. The van der Waals surface area contributed by atoms with Gasteiger partial charge in [-0.2, -0.15) is 9.47 Å². The largest absolute Gasteiger partial charge is 0.435 e. The highest BCUT2D eigenvalue weighted by Crippen LogP contribution is 2.36. The van der Waals surface area contributed by atoms with Crippen LogP contribution in [0.5, 0.6) is 11.6 Å². The summed E-state index contributed by atoms with van der Waals surface area (Å²) in [5, 5.41) is 26.4. The van der Waals surface area contributed by atoms with E-state index in [1.807, 2.05) is 25.1 Å². The third kappa shape index (κ3) is 4.99. The van der Waals surface area contributed by atoms with Gasteiger partial charge in [0.2, 0.25) is 11.0 Å². The van der Waals surface area contributed by atoms with Crippen LogP contribution in [-0.4, -0.2) is 45.9 Å². The van der Waals surface area contributed by atoms with E-state index in [0.717, 1.165) is 27.0 Å². The molecule has 0 aliphatic carbocycles. The Hall–Kier alpha value is -3.06. The topological polar surface area (TPSA) is 131 Å². The van der Waals surface area contributed by atoms with Crippen LogP contribution in [0.15, 0.2) is 52.6 Å². The molecule has 4 rings (SSSR count). The lowest BCUT2D eigenvalue weighted by Crippen LogP contribution is -2.05. The minimum Gasteiger partial charge on any atom is -0.435 e. The van der Waals surface area contributed by atoms with Crippen LogP contribution in [0.1, 0.15) is 17.6 Å². The first-order valence-electron chi connectivity index (χ1n) is 9.18. The molecule has 1 atom stereocenters. The first kappa shape index (κ1) is 21.2. The molecule has 0 bridgehead atoms. The Morgan fingerprint density at radius 2 is 2.16 bits per heavy atom. The summed E-state index contributed by atoms with van der Waals surface area (Å²) < 4.78 is 11.7. The first-order valence-corrected chi connectivity index (χ1v) is 10.8. The van der Waals surface area contributed by atoms with E-state index in [-0.39, 0.29) is 5.82 Å². The van der Waals surface area contributed by atoms with E-state index in [2.05, 4.69) is 29.7 Å². The number of anilines is 2. The molecule has 1 unspecified atom stereocenters. The van der Waals surface area contributed by atoms with Gasteiger partial charge in [0.1, 0.15) is 6.10 Å². The van der Waals surface area contributed by atoms with Gasteiger partial charge in [-0.25, -0.2) is 14.6 Å². The molecule has 3 N–H and O–H groups in total. The maximum absolute atomic E-state index is 9.71. The van der Waals surface area contributed by atoms with Crippen molar-refractivity contribution in [1.82, 2.24) is 29.1 Å². The zero-order chi connectivity index (χ0) is 21.8. The lowest BCUT2D eigenvalue weighted by molar-refractivity contribution is 0.0897. The number of ether oxygens (including phenoxy) is 1. The maximum Gasteiger partial charge on any atom is 0.217 e. The van der Waals surface area contributed by atoms with Crippen molar-refractivity contribution in [1.29, 1.82) is 0 Å². The van der Waals surface area contributed by atoms with E-state index in [1.165, 1.54) is 11.8 Å². The molecule has 0 spiro atoms. The van der Waals surface area contributed by atoms with E-state index in [9.17, 15) is 5.11 Å². The van der Waals surface area contributed by atoms with Crippen LogP contribution >= 0.6 is 23.3 Å². The van der Waals surface area contributed by atoms with Gasteiger partial charge in [-0.15, -0.1) is 0 Å². The summed E-state index contributed by atoms with van der Waals surface area (Å²) >= 11 is 2.58. The highest BCUT2D eigenvalue weighted by Gasteiger charge is 2.16. The molecule has 0 aliphatic rings. The van der Waals surface area contributed by atoms with Gasteiger partial charge < -0.3 is 20.3 Å². The van der Waals surface area contributed by atoms with Gasteiger partial charge >= 0.3 is 0 Å². The van der Waals surface area contributed by atoms with Crippen LogP contribution in [-0.2, 0) is 7.05 Å². The Kier molecular flexibility index (Phi) is 6.42. The van der Waals surface area contributed by atoms with Gasteiger partial charge in [-0.05, 0) is 19.1 Å². The maximum atomic E-state index is 9.71. The molecule has 12 heteroatoms. The second kappa shape index (κ2) is 9.39. The lowest BCUT2D eigenvalue weighted by Gasteiger charge is -2.12. The second-order valence-corrected chi connectivity index (χ2v) is 8.25. The second-order valence-electron chi connectivity index (χ2n) is 6.38. The van der Waals surface area contributed by atoms with Crippen molar-refractivity contribution in [3.05, 3.63) is 54.4 Å². The number of aryl methyl sites for hydroxylation is 2. The van der Waals surface area contributed by atoms with E-state index in [1.54, 1.807) is 36.4 Å². The SMILES string of the molecule is Cc1ncccc1Sc1cnc(Nc2nc(C(O)CO)ns2)c(Oc2ccnn2C)c1. The predicted molar refractivity (Wildman–Crippen MR) is 116 cm³/mol. The molecule has 160 valence electrons. The third-order valence-corrected chi connectivity index (χ3v) is 5.90. The monoisotopic (exact) mass is 457 g/mol. The number of aliphatic hydroxyl groups excluding tert-OH is 2. The predicted octanol–water partition coefficient (Wildman–Crippen LogP) is 3.08. The molecule has 4 heterocycles. The number of rotatable bonds is 8. The average Bonchev–Trinajstić information content (AvgIpc) is 3.40. The molecule has 0 amide bonds. The number of hydrogen-bond acceptors (Lipinski definition) is 11. The Balaban J connectivity index is 1.64. The summed E-state index contributed by atoms with van der Waals surface area (Å²) in [5.41, 5.74) is 0.924. The number of hydrogen-bond donors (Lipinski definition) is 3. The molecular formula is C19H19N7O3S2. The van der Waals surface area contributed by atoms with Crippen LogP contribution in [0.3, 0.4) is 0 Å². The van der Waals surface area contributed by atoms with Gasteiger partial charge in [0.25, 0.3) is 0 Å². The Bertz CT molecular complexity index is 1180. The van der Waals surface area contributed by atoms with Crippen LogP contribution in [0.25, 0.3) is 0 Å². The number of nitrogens with zero attached hydrogens (tertiary/aromatic N) is 6. The molecule has 0 saturated heterocycles. The van der Waals surface area contributed by atoms with E-state index in [0.29, 0.717) is 22.6 Å². The molecule has 0 aromatic carbocycles. The first-order chi connectivity index (χ1) is 15.0. The van der Waals surface area contributed by atoms with E-state index >= 15 is 0 Å². The van der Waals surface area contributed by atoms with Gasteiger partial charge in [0.15, 0.2) is 17.4 Å². The molecule has 0 fully saturated rings. The zero-order valence-corrected chi connectivity index (χ0v) is 18.3. The Morgan fingerprint density at radius 1 is 1.29 bits per heavy atom. The van der Waals surface area contributed by atoms with Crippen LogP contribution in [0.4, 0.5) is 10.9 Å². The van der Waals surface area contributed by atoms with Crippen LogP contribution < -0.4 is 10.1 Å². The quantitative estimate of drug-likeness (QED) is 0.363. The van der Waals surface area contributed by atoms with Crippen molar-refractivity contribution in [3.63, 3.8) is 0 Å². The summed E-state index contributed by atoms with van der Waals surface area (Å²) in [4.78, 5) is 14.9. The van der Waals surface area contributed by atoms with Crippen molar-refractivity contribution >= 4 is 34.2 Å². The highest BCUT2D eigenvalue weighted by atomic mass is 32.2. The molecule has 0 aliphatic heterocycles. The van der Waals surface area contributed by atoms with Crippen LogP contribution in [0, 0.1) is 6.92 Å². The lowest BCUT2D eigenvalue weighted by atomic mass is 10.4. The Labute approximate surface area is 186 Å². The van der Waals surface area contributed by atoms with Crippen molar-refractivity contribution in [2.75, 3.05) is 11.9 Å². The molecule has 4 aromatic rings. The standard InChI is InChI=1S/C19H19N7O3S2/c1-11-15(4-3-6-20-11)30-12-8-14(29-16-5-7-22-26(16)2)18(21-9-12)24-19-23-17(25-31-19)13(28)10-27/h3-9,13,27-28H,10H2,1-2H3,(H,21,23,24,25). The minimum absolute atomic E-state index is 0.142. The van der Waals surface area contributed by atoms with Gasteiger partial charge in [-0.1, -0.05) is 11.8 Å². The molecule has 31 heavy (non-hydrogen) atoms. The fourth-order valence-corrected chi connectivity index (χ4v) is 4.03. The van der Waals surface area contributed by atoms with E-state index < -0.39 is 12.7 Å². The number of aromatic nitrogens is 6. The third-order valence-electron chi connectivity index (χ3n) is 4.14. The Morgan fingerprint density at radius 3 is 2.90 bits per heavy atom. The normalized spacial score (nSPS) is 12.0. The summed E-state index contributed by atoms with van der Waals surface area (Å²) in [7, 11) is 1.78. The van der Waals surface area contributed by atoms with Crippen molar-refractivity contribution in [2.24, 2.45) is 7.05 Å². The van der Waals surface area contributed by atoms with E-state index in [4.69, 9.17) is 9.84 Å². The fourth-order valence-electron chi connectivity index (χ4n) is 2.54. The molecule has 4 aromatic heterocycles. The highest BCUT2D eigenvalue weighted by molar-refractivity contribution is 7.99. The molecule has 0 radical (unpaired) electrons. The summed E-state index contributed by atoms with van der Waals surface area (Å²) in [6.07, 6.45) is 3.98. The van der Waals surface area contributed by atoms with Crippen LogP contribution in [0.2, 0.25) is 0 Å². The van der Waals surface area contributed by atoms with Gasteiger partial charge in [0.05, 0.1) is 18.5 Å². The summed E-state index contributed by atoms with van der Waals surface area (Å²) in [6, 6.07) is 7.50. The summed E-state index contributed by atoms with van der Waals surface area (Å²) in [6.45, 7) is 1.50. The molecular weight excluding hydrogens is 438 g/mol. The smallest absolute Gasteiger partial charge is 0.217 e. The van der Waals surface area contributed by atoms with Crippen molar-refractivity contribution in [3.8, 4) is 11.6 Å². The minimum atomic E-state index is -1.13. The number of aliphatic hydroxyl groups is 2.